The standard InChI is InChI=1S/C13H13NO2.C13H17NO/c15-12-10-6-9(10)11-7-16-13(14(11)12)8-4-2-1-3-5-8;15-9-13-12-6-11(12)8-14(13)7-10-4-2-1-3-5-10/h1-5,9-11,13H,6-7H2;1-5,11-13,15H,6-9H2/t9-,10+,11+,13?;11?,12-,13+/m00/s1. The second-order valence-electron chi connectivity index (χ2n) is 9.74. The minimum Gasteiger partial charge on any atom is -0.395 e. The van der Waals surface area contributed by atoms with Crippen LogP contribution in [0.2, 0.25) is 0 Å². The number of carbonyl (C=O) groups excluding carboxylic acids is 1. The molecular weight excluding hydrogens is 388 g/mol. The average molecular weight is 419 g/mol. The zero-order valence-electron chi connectivity index (χ0n) is 17.7. The van der Waals surface area contributed by atoms with E-state index in [2.05, 4.69) is 35.2 Å². The predicted octanol–water partition coefficient (Wildman–Crippen LogP) is 3.06. The number of likely N-dealkylation sites (tertiary alicyclic amines) is 1. The first-order chi connectivity index (χ1) is 15.2. The van der Waals surface area contributed by atoms with Gasteiger partial charge in [0.1, 0.15) is 0 Å². The van der Waals surface area contributed by atoms with E-state index >= 15 is 0 Å². The fourth-order valence-electron chi connectivity index (χ4n) is 6.03. The van der Waals surface area contributed by atoms with E-state index in [4.69, 9.17) is 4.74 Å². The first kappa shape index (κ1) is 19.5. The summed E-state index contributed by atoms with van der Waals surface area (Å²) < 4.78 is 5.78. The number of hydrogen-bond donors (Lipinski definition) is 1. The Morgan fingerprint density at radius 3 is 2.45 bits per heavy atom. The van der Waals surface area contributed by atoms with Crippen LogP contribution in [0.4, 0.5) is 0 Å². The van der Waals surface area contributed by atoms with Gasteiger partial charge in [-0.3, -0.25) is 9.69 Å². The molecule has 1 amide bonds. The molecule has 2 aliphatic carbocycles. The maximum absolute atomic E-state index is 12.1. The van der Waals surface area contributed by atoms with Gasteiger partial charge in [0.2, 0.25) is 5.91 Å². The molecule has 1 N–H and O–H groups in total. The Labute approximate surface area is 183 Å². The summed E-state index contributed by atoms with van der Waals surface area (Å²) in [5.74, 6) is 2.88. The number of piperidine rings is 2. The van der Waals surface area contributed by atoms with Gasteiger partial charge in [0.05, 0.1) is 19.3 Å². The Balaban J connectivity index is 0.000000120. The molecule has 5 fully saturated rings. The highest BCUT2D eigenvalue weighted by Crippen LogP contribution is 2.55. The second kappa shape index (κ2) is 7.73. The van der Waals surface area contributed by atoms with Crippen LogP contribution in [-0.2, 0) is 16.1 Å². The highest BCUT2D eigenvalue weighted by Gasteiger charge is 2.62. The van der Waals surface area contributed by atoms with Crippen LogP contribution in [0.5, 0.6) is 0 Å². The molecule has 7 atom stereocenters. The molecule has 5 nitrogen and oxygen atoms in total. The van der Waals surface area contributed by atoms with Gasteiger partial charge in [-0.1, -0.05) is 60.7 Å². The van der Waals surface area contributed by atoms with Crippen LogP contribution in [0.3, 0.4) is 0 Å². The van der Waals surface area contributed by atoms with Gasteiger partial charge in [0.15, 0.2) is 6.23 Å². The molecule has 0 bridgehead atoms. The Morgan fingerprint density at radius 2 is 1.71 bits per heavy atom. The van der Waals surface area contributed by atoms with E-state index in [-0.39, 0.29) is 6.23 Å². The number of rotatable bonds is 4. The third-order valence-electron chi connectivity index (χ3n) is 7.85. The lowest BCUT2D eigenvalue weighted by Crippen LogP contribution is -2.35. The Bertz CT molecular complexity index is 936. The number of aliphatic hydroxyl groups is 1. The molecule has 0 spiro atoms. The number of ether oxygens (including phenoxy) is 1. The smallest absolute Gasteiger partial charge is 0.228 e. The van der Waals surface area contributed by atoms with Gasteiger partial charge in [-0.05, 0) is 36.2 Å². The molecule has 3 saturated heterocycles. The zero-order valence-corrected chi connectivity index (χ0v) is 17.7. The summed E-state index contributed by atoms with van der Waals surface area (Å²) in [5.41, 5.74) is 2.46. The van der Waals surface area contributed by atoms with E-state index in [0.717, 1.165) is 30.4 Å². The first-order valence-electron chi connectivity index (χ1n) is 11.6. The van der Waals surface area contributed by atoms with Crippen molar-refractivity contribution in [1.82, 2.24) is 9.80 Å². The molecule has 31 heavy (non-hydrogen) atoms. The number of carbonyl (C=O) groups is 1. The van der Waals surface area contributed by atoms with Crippen LogP contribution >= 0.6 is 0 Å². The zero-order chi connectivity index (χ0) is 20.9. The molecular formula is C26H30N2O3. The van der Waals surface area contributed by atoms with Crippen molar-refractivity contribution in [2.24, 2.45) is 23.7 Å². The van der Waals surface area contributed by atoms with Crippen molar-refractivity contribution in [2.75, 3.05) is 19.8 Å². The summed E-state index contributed by atoms with van der Waals surface area (Å²) in [6.45, 7) is 3.23. The van der Waals surface area contributed by atoms with Gasteiger partial charge in [-0.2, -0.15) is 0 Å². The average Bonchev–Trinajstić information content (AvgIpc) is 3.66. The SMILES string of the molecule is O=C1[C@@H]2C[C@@H]2[C@H]2COC(c3ccccc3)N12.OC[C@@H]1[C@H]2CC2CN1Cc1ccccc1. The third-order valence-corrected chi connectivity index (χ3v) is 7.85. The van der Waals surface area contributed by atoms with Crippen molar-refractivity contribution in [1.29, 1.82) is 0 Å². The molecule has 3 heterocycles. The van der Waals surface area contributed by atoms with E-state index < -0.39 is 0 Å². The molecule has 0 radical (unpaired) electrons. The van der Waals surface area contributed by atoms with Gasteiger partial charge < -0.3 is 14.7 Å². The van der Waals surface area contributed by atoms with E-state index in [1.807, 2.05) is 35.2 Å². The molecule has 5 heteroatoms. The summed E-state index contributed by atoms with van der Waals surface area (Å²) in [6.07, 6.45) is 2.30. The van der Waals surface area contributed by atoms with E-state index in [1.165, 1.54) is 18.5 Å². The van der Waals surface area contributed by atoms with Crippen LogP contribution in [0.15, 0.2) is 60.7 Å². The number of fused-ring (bicyclic) bond motifs is 4. The van der Waals surface area contributed by atoms with Crippen LogP contribution in [0.25, 0.3) is 0 Å². The molecule has 0 aromatic heterocycles. The largest absolute Gasteiger partial charge is 0.395 e. The van der Waals surface area contributed by atoms with Crippen molar-refractivity contribution < 1.29 is 14.6 Å². The van der Waals surface area contributed by atoms with Gasteiger partial charge in [-0.25, -0.2) is 0 Å². The second-order valence-corrected chi connectivity index (χ2v) is 9.74. The van der Waals surface area contributed by atoms with Gasteiger partial charge >= 0.3 is 0 Å². The van der Waals surface area contributed by atoms with Crippen molar-refractivity contribution in [2.45, 2.75) is 37.7 Å². The lowest BCUT2D eigenvalue weighted by Gasteiger charge is -2.25. The van der Waals surface area contributed by atoms with E-state index in [0.29, 0.717) is 43.0 Å². The highest BCUT2D eigenvalue weighted by molar-refractivity contribution is 5.86. The number of amides is 1. The summed E-state index contributed by atoms with van der Waals surface area (Å²) >= 11 is 0. The van der Waals surface area contributed by atoms with Crippen molar-refractivity contribution in [3.8, 4) is 0 Å². The molecule has 2 aromatic rings. The van der Waals surface area contributed by atoms with E-state index in [9.17, 15) is 9.90 Å². The van der Waals surface area contributed by atoms with Gasteiger partial charge in [-0.15, -0.1) is 0 Å². The summed E-state index contributed by atoms with van der Waals surface area (Å²) in [5, 5.41) is 9.37. The summed E-state index contributed by atoms with van der Waals surface area (Å²) in [4.78, 5) is 16.5. The molecule has 3 aliphatic heterocycles. The first-order valence-corrected chi connectivity index (χ1v) is 11.6. The fraction of sp³-hybridized carbons (Fsp3) is 0.500. The number of aliphatic hydroxyl groups excluding tert-OH is 1. The molecule has 7 rings (SSSR count). The van der Waals surface area contributed by atoms with Crippen LogP contribution in [-0.4, -0.2) is 52.7 Å². The van der Waals surface area contributed by atoms with Crippen molar-refractivity contribution in [3.63, 3.8) is 0 Å². The molecule has 5 aliphatic rings. The quantitative estimate of drug-likeness (QED) is 0.829. The van der Waals surface area contributed by atoms with Crippen LogP contribution in [0, 0.1) is 23.7 Å². The van der Waals surface area contributed by atoms with Crippen molar-refractivity contribution >= 4 is 5.91 Å². The van der Waals surface area contributed by atoms with Gasteiger partial charge in [0.25, 0.3) is 0 Å². The molecule has 162 valence electrons. The molecule has 2 aromatic carbocycles. The maximum Gasteiger partial charge on any atom is 0.228 e. The number of nitrogens with zero attached hydrogens (tertiary/aromatic N) is 2. The molecule has 2 saturated carbocycles. The van der Waals surface area contributed by atoms with Gasteiger partial charge in [0, 0.05) is 30.6 Å². The normalized spacial score (nSPS) is 37.0. The molecule has 2 unspecified atom stereocenters. The minimum absolute atomic E-state index is 0.133. The Kier molecular flexibility index (Phi) is 4.86. The van der Waals surface area contributed by atoms with Crippen LogP contribution < -0.4 is 0 Å². The van der Waals surface area contributed by atoms with Crippen molar-refractivity contribution in [3.05, 3.63) is 71.8 Å². The van der Waals surface area contributed by atoms with E-state index in [1.54, 1.807) is 0 Å². The third kappa shape index (κ3) is 3.49. The minimum atomic E-state index is -0.133. The lowest BCUT2D eigenvalue weighted by atomic mass is 10.1. The maximum atomic E-state index is 12.1. The number of benzene rings is 2. The lowest BCUT2D eigenvalue weighted by molar-refractivity contribution is -0.136. The fourth-order valence-corrected chi connectivity index (χ4v) is 6.03. The topological polar surface area (TPSA) is 53.0 Å². The monoisotopic (exact) mass is 418 g/mol. The number of hydrogen-bond acceptors (Lipinski definition) is 4. The Morgan fingerprint density at radius 1 is 0.968 bits per heavy atom. The Hall–Kier alpha value is -2.21. The van der Waals surface area contributed by atoms with Crippen LogP contribution in [0.1, 0.15) is 30.2 Å². The predicted molar refractivity (Wildman–Crippen MR) is 117 cm³/mol. The summed E-state index contributed by atoms with van der Waals surface area (Å²) in [6, 6.07) is 21.4. The highest BCUT2D eigenvalue weighted by atomic mass is 16.5. The summed E-state index contributed by atoms with van der Waals surface area (Å²) in [7, 11) is 0.